The van der Waals surface area contributed by atoms with E-state index in [-0.39, 0.29) is 17.2 Å². The Kier molecular flexibility index (Phi) is 4.37. The molecule has 6 nitrogen and oxygen atoms in total. The number of hydrogen-bond acceptors (Lipinski definition) is 4. The molecular weight excluding hydrogens is 302 g/mol. The Morgan fingerprint density at radius 3 is 2.45 bits per heavy atom. The lowest BCUT2D eigenvalue weighted by molar-refractivity contribution is -0.115. The highest BCUT2D eigenvalue weighted by Gasteiger charge is 2.17. The van der Waals surface area contributed by atoms with Gasteiger partial charge in [-0.05, 0) is 26.0 Å². The van der Waals surface area contributed by atoms with Crippen molar-refractivity contribution in [2.45, 2.75) is 25.2 Å². The molecule has 0 aliphatic heterocycles. The van der Waals surface area contributed by atoms with E-state index in [1.807, 2.05) is 20.9 Å². The van der Waals surface area contributed by atoms with Gasteiger partial charge in [0.05, 0.1) is 22.7 Å². The summed E-state index contributed by atoms with van der Waals surface area (Å²) in [5.41, 5.74) is 2.88. The fourth-order valence-corrected chi connectivity index (χ4v) is 3.17. The number of nitrogens with one attached hydrogen (secondary N) is 1. The number of anilines is 1. The van der Waals surface area contributed by atoms with Crippen LogP contribution in [0, 0.1) is 13.8 Å². The maximum atomic E-state index is 12.2. The third-order valence-corrected chi connectivity index (χ3v) is 4.71. The fourth-order valence-electron chi connectivity index (χ4n) is 2.32. The second-order valence-electron chi connectivity index (χ2n) is 5.27. The Bertz CT molecular complexity index is 823. The van der Waals surface area contributed by atoms with E-state index in [0.717, 1.165) is 23.2 Å². The second-order valence-corrected chi connectivity index (χ2v) is 7.25. The minimum Gasteiger partial charge on any atom is -0.325 e. The molecule has 0 spiro atoms. The lowest BCUT2D eigenvalue weighted by Crippen LogP contribution is -2.17. The minimum absolute atomic E-state index is 0.114. The van der Waals surface area contributed by atoms with Crippen molar-refractivity contribution in [2.75, 3.05) is 11.6 Å². The van der Waals surface area contributed by atoms with Gasteiger partial charge in [-0.3, -0.25) is 9.48 Å². The molecular formula is C15H19N3O3S. The van der Waals surface area contributed by atoms with E-state index < -0.39 is 9.84 Å². The standard InChI is InChI=1S/C15H19N3O3S/c1-10-12(11(2)18(3)17-10)9-15(19)16-13-7-5-6-8-14(13)22(4,20)21/h5-8H,9H2,1-4H3,(H,16,19). The zero-order chi connectivity index (χ0) is 16.5. The number of aromatic nitrogens is 2. The molecule has 1 N–H and O–H groups in total. The molecule has 7 heteroatoms. The number of hydrogen-bond donors (Lipinski definition) is 1. The first-order chi connectivity index (χ1) is 10.2. The van der Waals surface area contributed by atoms with Gasteiger partial charge in [-0.25, -0.2) is 8.42 Å². The molecule has 0 radical (unpaired) electrons. The predicted octanol–water partition coefficient (Wildman–Crippen LogP) is 1.62. The van der Waals surface area contributed by atoms with E-state index in [1.165, 1.54) is 6.07 Å². The fraction of sp³-hybridized carbons (Fsp3) is 0.333. The lowest BCUT2D eigenvalue weighted by Gasteiger charge is -2.10. The number of nitrogens with zero attached hydrogens (tertiary/aromatic N) is 2. The van der Waals surface area contributed by atoms with Crippen LogP contribution in [0.2, 0.25) is 0 Å². The second kappa shape index (κ2) is 5.92. The van der Waals surface area contributed by atoms with Gasteiger partial charge in [0.1, 0.15) is 0 Å². The number of carbonyl (C=O) groups is 1. The zero-order valence-corrected chi connectivity index (χ0v) is 13.9. The van der Waals surface area contributed by atoms with Gasteiger partial charge in [0.25, 0.3) is 0 Å². The van der Waals surface area contributed by atoms with Crippen molar-refractivity contribution in [3.8, 4) is 0 Å². The van der Waals surface area contributed by atoms with Crippen LogP contribution >= 0.6 is 0 Å². The summed E-state index contributed by atoms with van der Waals surface area (Å²) >= 11 is 0. The average molecular weight is 321 g/mol. The third-order valence-electron chi connectivity index (χ3n) is 3.56. The summed E-state index contributed by atoms with van der Waals surface area (Å²) in [4.78, 5) is 12.3. The van der Waals surface area contributed by atoms with E-state index >= 15 is 0 Å². The first-order valence-corrected chi connectivity index (χ1v) is 8.67. The Morgan fingerprint density at radius 2 is 1.91 bits per heavy atom. The largest absolute Gasteiger partial charge is 0.325 e. The molecule has 0 unspecified atom stereocenters. The smallest absolute Gasteiger partial charge is 0.228 e. The van der Waals surface area contributed by atoms with Crippen molar-refractivity contribution in [2.24, 2.45) is 7.05 Å². The van der Waals surface area contributed by atoms with Gasteiger partial charge in [0.15, 0.2) is 9.84 Å². The molecule has 2 rings (SSSR count). The quantitative estimate of drug-likeness (QED) is 0.928. The molecule has 0 aliphatic carbocycles. The van der Waals surface area contributed by atoms with Gasteiger partial charge in [0, 0.05) is 24.6 Å². The van der Waals surface area contributed by atoms with Crippen LogP contribution in [0.15, 0.2) is 29.2 Å². The molecule has 0 atom stereocenters. The summed E-state index contributed by atoms with van der Waals surface area (Å²) in [7, 11) is -1.57. The SMILES string of the molecule is Cc1nn(C)c(C)c1CC(=O)Nc1ccccc1S(C)(=O)=O. The van der Waals surface area contributed by atoms with E-state index in [0.29, 0.717) is 5.69 Å². The van der Waals surface area contributed by atoms with Crippen molar-refractivity contribution in [1.29, 1.82) is 0 Å². The molecule has 22 heavy (non-hydrogen) atoms. The van der Waals surface area contributed by atoms with Gasteiger partial charge in [-0.1, -0.05) is 12.1 Å². The zero-order valence-electron chi connectivity index (χ0n) is 13.0. The van der Waals surface area contributed by atoms with E-state index in [1.54, 1.807) is 22.9 Å². The summed E-state index contributed by atoms with van der Waals surface area (Å²) in [6.45, 7) is 3.74. The van der Waals surface area contributed by atoms with Crippen molar-refractivity contribution >= 4 is 21.4 Å². The first-order valence-electron chi connectivity index (χ1n) is 6.78. The van der Waals surface area contributed by atoms with Crippen molar-refractivity contribution in [1.82, 2.24) is 9.78 Å². The summed E-state index contributed by atoms with van der Waals surface area (Å²) in [5, 5.41) is 6.94. The number of rotatable bonds is 4. The van der Waals surface area contributed by atoms with E-state index in [9.17, 15) is 13.2 Å². The number of benzene rings is 1. The number of para-hydroxylation sites is 1. The summed E-state index contributed by atoms with van der Waals surface area (Å²) in [6, 6.07) is 6.37. The van der Waals surface area contributed by atoms with Crippen LogP contribution in [0.1, 0.15) is 17.0 Å². The van der Waals surface area contributed by atoms with Crippen LogP contribution in [0.5, 0.6) is 0 Å². The molecule has 1 aromatic heterocycles. The number of aryl methyl sites for hydroxylation is 2. The molecule has 0 bridgehead atoms. The van der Waals surface area contributed by atoms with Crippen LogP contribution in [-0.4, -0.2) is 30.4 Å². The monoisotopic (exact) mass is 321 g/mol. The minimum atomic E-state index is -3.40. The molecule has 0 aliphatic rings. The van der Waals surface area contributed by atoms with Gasteiger partial charge in [-0.2, -0.15) is 5.10 Å². The molecule has 1 heterocycles. The molecule has 0 fully saturated rings. The van der Waals surface area contributed by atoms with Gasteiger partial charge in [-0.15, -0.1) is 0 Å². The van der Waals surface area contributed by atoms with Crippen molar-refractivity contribution < 1.29 is 13.2 Å². The van der Waals surface area contributed by atoms with Gasteiger partial charge in [0.2, 0.25) is 5.91 Å². The molecule has 1 amide bonds. The number of carbonyl (C=O) groups excluding carboxylic acids is 1. The summed E-state index contributed by atoms with van der Waals surface area (Å²) in [6.07, 6.45) is 1.27. The third kappa shape index (κ3) is 3.36. The van der Waals surface area contributed by atoms with Gasteiger partial charge < -0.3 is 5.32 Å². The molecule has 118 valence electrons. The van der Waals surface area contributed by atoms with Crippen LogP contribution in [0.3, 0.4) is 0 Å². The highest BCUT2D eigenvalue weighted by Crippen LogP contribution is 2.21. The van der Waals surface area contributed by atoms with Crippen LogP contribution in [-0.2, 0) is 28.1 Å². The van der Waals surface area contributed by atoms with Crippen molar-refractivity contribution in [3.05, 3.63) is 41.2 Å². The Morgan fingerprint density at radius 1 is 1.27 bits per heavy atom. The number of amides is 1. The summed E-state index contributed by atoms with van der Waals surface area (Å²) in [5.74, 6) is -0.268. The van der Waals surface area contributed by atoms with Gasteiger partial charge >= 0.3 is 0 Å². The highest BCUT2D eigenvalue weighted by molar-refractivity contribution is 7.90. The predicted molar refractivity (Wildman–Crippen MR) is 84.6 cm³/mol. The Hall–Kier alpha value is -2.15. The summed E-state index contributed by atoms with van der Waals surface area (Å²) < 4.78 is 25.2. The topological polar surface area (TPSA) is 81.1 Å². The molecule has 2 aromatic rings. The van der Waals surface area contributed by atoms with Crippen molar-refractivity contribution in [3.63, 3.8) is 0 Å². The van der Waals surface area contributed by atoms with Crippen LogP contribution < -0.4 is 5.32 Å². The molecule has 0 saturated carbocycles. The highest BCUT2D eigenvalue weighted by atomic mass is 32.2. The van der Waals surface area contributed by atoms with Crippen LogP contribution in [0.25, 0.3) is 0 Å². The average Bonchev–Trinajstić information content (AvgIpc) is 2.65. The van der Waals surface area contributed by atoms with E-state index in [4.69, 9.17) is 0 Å². The normalized spacial score (nSPS) is 11.5. The van der Waals surface area contributed by atoms with Crippen LogP contribution in [0.4, 0.5) is 5.69 Å². The maximum absolute atomic E-state index is 12.2. The first kappa shape index (κ1) is 16.2. The number of sulfone groups is 1. The molecule has 0 saturated heterocycles. The van der Waals surface area contributed by atoms with E-state index in [2.05, 4.69) is 10.4 Å². The maximum Gasteiger partial charge on any atom is 0.228 e. The molecule has 1 aromatic carbocycles. The lowest BCUT2D eigenvalue weighted by atomic mass is 10.1. The Labute approximate surface area is 130 Å². The Balaban J connectivity index is 2.24.